The Morgan fingerprint density at radius 3 is 1.58 bits per heavy atom. The molecule has 1 aromatic rings. The van der Waals surface area contributed by atoms with Gasteiger partial charge in [-0.05, 0) is 26.7 Å². The first-order chi connectivity index (χ1) is 5.69. The zero-order chi connectivity index (χ0) is 9.14. The predicted molar refractivity (Wildman–Crippen MR) is 50.3 cm³/mol. The largest absolute Gasteiger partial charge is 0.255 e. The molecule has 66 valence electrons. The van der Waals surface area contributed by atoms with Gasteiger partial charge in [0.25, 0.3) is 0 Å². The van der Waals surface area contributed by atoms with Crippen molar-refractivity contribution < 1.29 is 0 Å². The molecule has 0 unspecified atom stereocenters. The van der Waals surface area contributed by atoms with Crippen molar-refractivity contribution in [1.29, 1.82) is 0 Å². The molecule has 0 aliphatic rings. The first kappa shape index (κ1) is 9.17. The second kappa shape index (κ2) is 3.65. The van der Waals surface area contributed by atoms with E-state index in [1.807, 2.05) is 13.8 Å². The molecule has 2 nitrogen and oxygen atoms in total. The highest BCUT2D eigenvalue weighted by Crippen LogP contribution is 2.08. The molecule has 0 atom stereocenters. The van der Waals surface area contributed by atoms with Crippen LogP contribution in [0.5, 0.6) is 0 Å². The highest BCUT2D eigenvalue weighted by atomic mass is 14.8. The number of hydrogen-bond acceptors (Lipinski definition) is 2. The molecular formula is C10H16N2. The topological polar surface area (TPSA) is 25.8 Å². The molecule has 0 aromatic carbocycles. The van der Waals surface area contributed by atoms with E-state index in [0.717, 1.165) is 35.6 Å². The fraction of sp³-hybridized carbons (Fsp3) is 0.600. The summed E-state index contributed by atoms with van der Waals surface area (Å²) in [5.41, 5.74) is 4.43. The first-order valence-electron chi connectivity index (χ1n) is 4.52. The quantitative estimate of drug-likeness (QED) is 0.669. The van der Waals surface area contributed by atoms with Gasteiger partial charge >= 0.3 is 0 Å². The van der Waals surface area contributed by atoms with Gasteiger partial charge in [0.15, 0.2) is 0 Å². The van der Waals surface area contributed by atoms with Crippen LogP contribution in [0.15, 0.2) is 0 Å². The monoisotopic (exact) mass is 164 g/mol. The molecule has 12 heavy (non-hydrogen) atoms. The molecule has 0 saturated heterocycles. The van der Waals surface area contributed by atoms with Crippen LogP contribution in [0.4, 0.5) is 0 Å². The maximum atomic E-state index is 4.55. The van der Waals surface area contributed by atoms with Crippen LogP contribution in [0.2, 0.25) is 0 Å². The van der Waals surface area contributed by atoms with E-state index in [2.05, 4.69) is 23.8 Å². The number of nitrogens with zero attached hydrogens (tertiary/aromatic N) is 2. The van der Waals surface area contributed by atoms with Gasteiger partial charge in [-0.1, -0.05) is 13.8 Å². The van der Waals surface area contributed by atoms with Gasteiger partial charge in [-0.3, -0.25) is 9.97 Å². The second-order valence-electron chi connectivity index (χ2n) is 2.99. The van der Waals surface area contributed by atoms with Crippen molar-refractivity contribution in [3.63, 3.8) is 0 Å². The van der Waals surface area contributed by atoms with Crippen LogP contribution in [-0.2, 0) is 12.8 Å². The zero-order valence-corrected chi connectivity index (χ0v) is 8.31. The molecule has 0 aliphatic heterocycles. The molecule has 0 bridgehead atoms. The van der Waals surface area contributed by atoms with E-state index in [-0.39, 0.29) is 0 Å². The molecule has 1 rings (SSSR count). The summed E-state index contributed by atoms with van der Waals surface area (Å²) >= 11 is 0. The Morgan fingerprint density at radius 2 is 1.25 bits per heavy atom. The lowest BCUT2D eigenvalue weighted by atomic mass is 10.2. The van der Waals surface area contributed by atoms with Gasteiger partial charge in [-0.25, -0.2) is 0 Å². The molecule has 0 N–H and O–H groups in total. The summed E-state index contributed by atoms with van der Waals surface area (Å²) in [4.78, 5) is 9.00. The molecule has 0 fully saturated rings. The Kier molecular flexibility index (Phi) is 2.79. The molecule has 1 heterocycles. The maximum absolute atomic E-state index is 4.55. The molecular weight excluding hydrogens is 148 g/mol. The van der Waals surface area contributed by atoms with Gasteiger partial charge in [0.05, 0.1) is 22.8 Å². The minimum Gasteiger partial charge on any atom is -0.255 e. The van der Waals surface area contributed by atoms with Gasteiger partial charge in [0.1, 0.15) is 0 Å². The Balaban J connectivity index is 3.18. The van der Waals surface area contributed by atoms with Gasteiger partial charge in [-0.2, -0.15) is 0 Å². The Bertz CT molecular complexity index is 254. The molecule has 2 heteroatoms. The maximum Gasteiger partial charge on any atom is 0.0616 e. The van der Waals surface area contributed by atoms with Crippen LogP contribution in [0, 0.1) is 13.8 Å². The Hall–Kier alpha value is -0.920. The van der Waals surface area contributed by atoms with E-state index in [0.29, 0.717) is 0 Å². The number of aryl methyl sites for hydroxylation is 4. The second-order valence-corrected chi connectivity index (χ2v) is 2.99. The summed E-state index contributed by atoms with van der Waals surface area (Å²) in [7, 11) is 0. The number of aromatic nitrogens is 2. The fourth-order valence-electron chi connectivity index (χ4n) is 1.38. The zero-order valence-electron chi connectivity index (χ0n) is 8.31. The number of rotatable bonds is 2. The fourth-order valence-corrected chi connectivity index (χ4v) is 1.38. The highest BCUT2D eigenvalue weighted by Gasteiger charge is 2.04. The highest BCUT2D eigenvalue weighted by molar-refractivity contribution is 5.18. The van der Waals surface area contributed by atoms with Crippen LogP contribution in [0.3, 0.4) is 0 Å². The van der Waals surface area contributed by atoms with Gasteiger partial charge < -0.3 is 0 Å². The van der Waals surface area contributed by atoms with Crippen molar-refractivity contribution in [1.82, 2.24) is 9.97 Å². The normalized spacial score (nSPS) is 10.3. The Labute approximate surface area is 74.1 Å². The third kappa shape index (κ3) is 1.63. The standard InChI is InChI=1S/C10H16N2/c1-5-9-7(3)11-8(4)10(6-2)12-9/h5-6H2,1-4H3. The van der Waals surface area contributed by atoms with E-state index in [9.17, 15) is 0 Å². The first-order valence-corrected chi connectivity index (χ1v) is 4.52. The predicted octanol–water partition coefficient (Wildman–Crippen LogP) is 2.22. The molecule has 0 aliphatic carbocycles. The molecule has 1 aromatic heterocycles. The van der Waals surface area contributed by atoms with E-state index >= 15 is 0 Å². The molecule has 0 spiro atoms. The summed E-state index contributed by atoms with van der Waals surface area (Å²) in [5.74, 6) is 0. The van der Waals surface area contributed by atoms with Crippen molar-refractivity contribution in [3.8, 4) is 0 Å². The van der Waals surface area contributed by atoms with Crippen molar-refractivity contribution in [2.75, 3.05) is 0 Å². The van der Waals surface area contributed by atoms with Gasteiger partial charge in [0, 0.05) is 0 Å². The summed E-state index contributed by atoms with van der Waals surface area (Å²) in [6.45, 7) is 8.29. The van der Waals surface area contributed by atoms with Crippen LogP contribution in [0.1, 0.15) is 36.6 Å². The van der Waals surface area contributed by atoms with Crippen LogP contribution < -0.4 is 0 Å². The van der Waals surface area contributed by atoms with Crippen molar-refractivity contribution in [3.05, 3.63) is 22.8 Å². The van der Waals surface area contributed by atoms with Crippen molar-refractivity contribution in [2.45, 2.75) is 40.5 Å². The third-order valence-electron chi connectivity index (χ3n) is 2.11. The van der Waals surface area contributed by atoms with Gasteiger partial charge in [-0.15, -0.1) is 0 Å². The van der Waals surface area contributed by atoms with E-state index in [1.165, 1.54) is 0 Å². The lowest BCUT2D eigenvalue weighted by Gasteiger charge is -2.06. The average Bonchev–Trinajstić information content (AvgIpc) is 2.05. The van der Waals surface area contributed by atoms with Crippen molar-refractivity contribution >= 4 is 0 Å². The van der Waals surface area contributed by atoms with Gasteiger partial charge in [0.2, 0.25) is 0 Å². The summed E-state index contributed by atoms with van der Waals surface area (Å²) in [5, 5.41) is 0. The van der Waals surface area contributed by atoms with Crippen LogP contribution in [0.25, 0.3) is 0 Å². The molecule has 0 saturated carbocycles. The minimum absolute atomic E-state index is 0.978. The minimum atomic E-state index is 0.978. The Morgan fingerprint density at radius 1 is 0.833 bits per heavy atom. The summed E-state index contributed by atoms with van der Waals surface area (Å²) in [6, 6.07) is 0. The van der Waals surface area contributed by atoms with Crippen molar-refractivity contribution in [2.24, 2.45) is 0 Å². The van der Waals surface area contributed by atoms with Crippen LogP contribution >= 0.6 is 0 Å². The van der Waals surface area contributed by atoms with E-state index < -0.39 is 0 Å². The summed E-state index contributed by atoms with van der Waals surface area (Å²) in [6.07, 6.45) is 1.96. The lowest BCUT2D eigenvalue weighted by Crippen LogP contribution is -2.03. The average molecular weight is 164 g/mol. The van der Waals surface area contributed by atoms with E-state index in [4.69, 9.17) is 0 Å². The number of hydrogen-bond donors (Lipinski definition) is 0. The third-order valence-corrected chi connectivity index (χ3v) is 2.11. The SMILES string of the molecule is CCc1nc(CC)c(C)nc1C. The summed E-state index contributed by atoms with van der Waals surface area (Å²) < 4.78 is 0. The van der Waals surface area contributed by atoms with E-state index in [1.54, 1.807) is 0 Å². The molecule has 0 amide bonds. The lowest BCUT2D eigenvalue weighted by molar-refractivity contribution is 0.868. The molecule has 0 radical (unpaired) electrons. The van der Waals surface area contributed by atoms with Crippen LogP contribution in [-0.4, -0.2) is 9.97 Å². The smallest absolute Gasteiger partial charge is 0.0616 e.